The molecule has 0 aliphatic heterocycles. The van der Waals surface area contributed by atoms with Crippen LogP contribution in [0.3, 0.4) is 0 Å². The van der Waals surface area contributed by atoms with E-state index in [1.54, 1.807) is 18.3 Å². The Morgan fingerprint density at radius 1 is 1.14 bits per heavy atom. The third-order valence-corrected chi connectivity index (χ3v) is 4.35. The van der Waals surface area contributed by atoms with E-state index in [1.165, 1.54) is 19.4 Å². The van der Waals surface area contributed by atoms with Crippen LogP contribution in [0.4, 0.5) is 5.82 Å². The number of carbonyl (C=O) groups excluding carboxylic acids is 1. The number of oxazole rings is 2. The lowest BCUT2D eigenvalue weighted by atomic mass is 10.1. The van der Waals surface area contributed by atoms with Gasteiger partial charge in [0.25, 0.3) is 0 Å². The minimum Gasteiger partial charge on any atom is -0.443 e. The number of amides is 1. The fourth-order valence-electron chi connectivity index (χ4n) is 2.75. The molecular formula is C20H15ClN4O3. The van der Waals surface area contributed by atoms with Crippen LogP contribution in [0.2, 0.25) is 5.02 Å². The highest BCUT2D eigenvalue weighted by molar-refractivity contribution is 6.33. The standard InChI is InChI=1S/C20H15ClN4O3/c1-11-10-23-16(24-12(2)26)9-14(11)19-25-17(20-22-7-8-27-20)18(28-19)13-5-3-4-6-15(13)21/h3-10H,1-2H3,(H,23,24,26). The van der Waals surface area contributed by atoms with Crippen molar-refractivity contribution < 1.29 is 13.6 Å². The Bertz CT molecular complexity index is 1150. The van der Waals surface area contributed by atoms with Gasteiger partial charge in [0.2, 0.25) is 17.7 Å². The number of anilines is 1. The molecule has 7 nitrogen and oxygen atoms in total. The molecule has 0 aliphatic rings. The van der Waals surface area contributed by atoms with Crippen LogP contribution in [0.25, 0.3) is 34.4 Å². The zero-order valence-electron chi connectivity index (χ0n) is 15.1. The first-order chi connectivity index (χ1) is 13.5. The summed E-state index contributed by atoms with van der Waals surface area (Å²) in [5, 5.41) is 3.18. The highest BCUT2D eigenvalue weighted by Crippen LogP contribution is 2.39. The Morgan fingerprint density at radius 3 is 2.68 bits per heavy atom. The van der Waals surface area contributed by atoms with Crippen molar-refractivity contribution in [2.45, 2.75) is 13.8 Å². The van der Waals surface area contributed by atoms with Crippen molar-refractivity contribution in [3.8, 4) is 34.4 Å². The van der Waals surface area contributed by atoms with E-state index in [0.29, 0.717) is 45.2 Å². The summed E-state index contributed by atoms with van der Waals surface area (Å²) in [5.41, 5.74) is 2.63. The number of nitrogens with one attached hydrogen (secondary N) is 1. The van der Waals surface area contributed by atoms with Gasteiger partial charge < -0.3 is 14.2 Å². The highest BCUT2D eigenvalue weighted by atomic mass is 35.5. The zero-order chi connectivity index (χ0) is 19.7. The summed E-state index contributed by atoms with van der Waals surface area (Å²) in [5.74, 6) is 1.30. The van der Waals surface area contributed by atoms with Gasteiger partial charge in [-0.3, -0.25) is 4.79 Å². The van der Waals surface area contributed by atoms with Gasteiger partial charge in [0, 0.05) is 24.2 Å². The predicted octanol–water partition coefficient (Wildman–Crippen LogP) is 4.98. The molecule has 0 unspecified atom stereocenters. The van der Waals surface area contributed by atoms with E-state index in [-0.39, 0.29) is 5.91 Å². The van der Waals surface area contributed by atoms with E-state index in [1.807, 2.05) is 25.1 Å². The summed E-state index contributed by atoms with van der Waals surface area (Å²) in [6, 6.07) is 9.00. The number of hydrogen-bond acceptors (Lipinski definition) is 6. The van der Waals surface area contributed by atoms with Crippen LogP contribution in [0.1, 0.15) is 12.5 Å². The second kappa shape index (κ2) is 7.28. The summed E-state index contributed by atoms with van der Waals surface area (Å²) in [4.78, 5) is 24.3. The van der Waals surface area contributed by atoms with Crippen LogP contribution in [0, 0.1) is 6.92 Å². The second-order valence-electron chi connectivity index (χ2n) is 6.08. The Hall–Kier alpha value is -3.45. The zero-order valence-corrected chi connectivity index (χ0v) is 15.8. The van der Waals surface area contributed by atoms with Crippen molar-refractivity contribution in [1.29, 1.82) is 0 Å². The van der Waals surface area contributed by atoms with E-state index in [4.69, 9.17) is 20.4 Å². The summed E-state index contributed by atoms with van der Waals surface area (Å²) in [6.07, 6.45) is 4.64. The van der Waals surface area contributed by atoms with Gasteiger partial charge in [-0.2, -0.15) is 0 Å². The fourth-order valence-corrected chi connectivity index (χ4v) is 2.97. The largest absolute Gasteiger partial charge is 0.443 e. The first kappa shape index (κ1) is 17.9. The number of benzene rings is 1. The number of rotatable bonds is 4. The van der Waals surface area contributed by atoms with Crippen LogP contribution < -0.4 is 5.32 Å². The summed E-state index contributed by atoms with van der Waals surface area (Å²) in [7, 11) is 0. The van der Waals surface area contributed by atoms with Crippen LogP contribution in [0.15, 0.2) is 57.8 Å². The molecule has 0 bridgehead atoms. The monoisotopic (exact) mass is 394 g/mol. The van der Waals surface area contributed by atoms with E-state index >= 15 is 0 Å². The molecule has 1 aromatic carbocycles. The molecule has 0 fully saturated rings. The maximum absolute atomic E-state index is 11.4. The average molecular weight is 395 g/mol. The maximum atomic E-state index is 11.4. The average Bonchev–Trinajstić information content (AvgIpc) is 3.32. The molecule has 1 N–H and O–H groups in total. The molecule has 0 saturated heterocycles. The number of halogens is 1. The molecule has 1 amide bonds. The van der Waals surface area contributed by atoms with Gasteiger partial charge in [0.1, 0.15) is 12.1 Å². The number of aromatic nitrogens is 3. The molecule has 0 spiro atoms. The molecule has 8 heteroatoms. The van der Waals surface area contributed by atoms with E-state index in [0.717, 1.165) is 5.56 Å². The lowest BCUT2D eigenvalue weighted by molar-refractivity contribution is -0.114. The van der Waals surface area contributed by atoms with Gasteiger partial charge in [0.05, 0.1) is 11.2 Å². The molecule has 0 saturated carbocycles. The Morgan fingerprint density at radius 2 is 1.96 bits per heavy atom. The predicted molar refractivity (Wildman–Crippen MR) is 105 cm³/mol. The molecule has 4 aromatic rings. The van der Waals surface area contributed by atoms with Gasteiger partial charge in [-0.25, -0.2) is 15.0 Å². The molecule has 28 heavy (non-hydrogen) atoms. The minimum atomic E-state index is -0.216. The topological polar surface area (TPSA) is 94.1 Å². The van der Waals surface area contributed by atoms with E-state index in [2.05, 4.69) is 20.3 Å². The maximum Gasteiger partial charge on any atom is 0.249 e. The van der Waals surface area contributed by atoms with Crippen molar-refractivity contribution >= 4 is 23.3 Å². The van der Waals surface area contributed by atoms with E-state index in [9.17, 15) is 4.79 Å². The Kier molecular flexibility index (Phi) is 4.67. The molecule has 3 aromatic heterocycles. The fraction of sp³-hybridized carbons (Fsp3) is 0.100. The lowest BCUT2D eigenvalue weighted by Crippen LogP contribution is -2.07. The second-order valence-corrected chi connectivity index (χ2v) is 6.49. The third-order valence-electron chi connectivity index (χ3n) is 4.02. The van der Waals surface area contributed by atoms with Crippen molar-refractivity contribution in [2.75, 3.05) is 5.32 Å². The molecule has 4 rings (SSSR count). The summed E-state index contributed by atoms with van der Waals surface area (Å²) in [6.45, 7) is 3.30. The van der Waals surface area contributed by atoms with Gasteiger partial charge >= 0.3 is 0 Å². The number of pyridine rings is 1. The van der Waals surface area contributed by atoms with Crippen LogP contribution >= 0.6 is 11.6 Å². The quantitative estimate of drug-likeness (QED) is 0.524. The Labute approximate surface area is 165 Å². The molecule has 0 radical (unpaired) electrons. The molecule has 0 aliphatic carbocycles. The molecule has 140 valence electrons. The van der Waals surface area contributed by atoms with Crippen LogP contribution in [0.5, 0.6) is 0 Å². The molecule has 0 atom stereocenters. The van der Waals surface area contributed by atoms with Crippen molar-refractivity contribution in [3.63, 3.8) is 0 Å². The smallest absolute Gasteiger partial charge is 0.249 e. The first-order valence-electron chi connectivity index (χ1n) is 8.43. The first-order valence-corrected chi connectivity index (χ1v) is 8.81. The van der Waals surface area contributed by atoms with Crippen LogP contribution in [-0.4, -0.2) is 20.9 Å². The van der Waals surface area contributed by atoms with Gasteiger partial charge in [-0.15, -0.1) is 0 Å². The van der Waals surface area contributed by atoms with Gasteiger partial charge in [-0.05, 0) is 30.7 Å². The van der Waals surface area contributed by atoms with Gasteiger partial charge in [0.15, 0.2) is 11.5 Å². The Balaban J connectivity index is 1.90. The number of nitrogens with zero attached hydrogens (tertiary/aromatic N) is 3. The van der Waals surface area contributed by atoms with Crippen molar-refractivity contribution in [1.82, 2.24) is 15.0 Å². The highest BCUT2D eigenvalue weighted by Gasteiger charge is 2.23. The summed E-state index contributed by atoms with van der Waals surface area (Å²) < 4.78 is 11.5. The normalized spacial score (nSPS) is 10.8. The number of carbonyl (C=O) groups is 1. The lowest BCUT2D eigenvalue weighted by Gasteiger charge is -2.05. The van der Waals surface area contributed by atoms with Crippen molar-refractivity contribution in [3.05, 3.63) is 59.6 Å². The summed E-state index contributed by atoms with van der Waals surface area (Å²) >= 11 is 6.36. The SMILES string of the molecule is CC(=O)Nc1cc(-c2nc(-c3ncco3)c(-c3ccccc3Cl)o2)c(C)cn1. The minimum absolute atomic E-state index is 0.216. The molecule has 3 heterocycles. The third kappa shape index (κ3) is 3.39. The molecular weight excluding hydrogens is 380 g/mol. The number of hydrogen-bond donors (Lipinski definition) is 1. The van der Waals surface area contributed by atoms with E-state index < -0.39 is 0 Å². The van der Waals surface area contributed by atoms with Crippen molar-refractivity contribution in [2.24, 2.45) is 0 Å². The number of aryl methyl sites for hydroxylation is 1. The van der Waals surface area contributed by atoms with Crippen LogP contribution in [-0.2, 0) is 4.79 Å². The van der Waals surface area contributed by atoms with Gasteiger partial charge in [-0.1, -0.05) is 23.7 Å².